The Kier molecular flexibility index (Phi) is 4.35. The van der Waals surface area contributed by atoms with Crippen LogP contribution in [0.3, 0.4) is 0 Å². The van der Waals surface area contributed by atoms with Gasteiger partial charge in [-0.05, 0) is 43.0 Å². The molecule has 1 aromatic rings. The Morgan fingerprint density at radius 3 is 2.53 bits per heavy atom. The summed E-state index contributed by atoms with van der Waals surface area (Å²) in [5.74, 6) is 1.49. The Morgan fingerprint density at radius 1 is 1.24 bits per heavy atom. The number of hydrogen-bond donors (Lipinski definition) is 1. The van der Waals surface area contributed by atoms with E-state index in [0.29, 0.717) is 22.0 Å². The summed E-state index contributed by atoms with van der Waals surface area (Å²) in [5, 5.41) is 4.71. The molecule has 0 spiro atoms. The number of hydrogen-bond acceptors (Lipinski definition) is 1. The molecule has 0 bridgehead atoms. The fraction of sp³-hybridized carbons (Fsp3) is 0.571. The molecule has 0 heterocycles. The van der Waals surface area contributed by atoms with Crippen LogP contribution in [-0.2, 0) is 0 Å². The summed E-state index contributed by atoms with van der Waals surface area (Å²) in [6.45, 7) is 2.35. The van der Waals surface area contributed by atoms with Crippen LogP contribution in [-0.4, -0.2) is 7.05 Å². The van der Waals surface area contributed by atoms with Crippen LogP contribution in [0.1, 0.15) is 37.8 Å². The van der Waals surface area contributed by atoms with Crippen molar-refractivity contribution in [1.29, 1.82) is 0 Å². The summed E-state index contributed by atoms with van der Waals surface area (Å²) in [7, 11) is 2.03. The van der Waals surface area contributed by atoms with Crippen molar-refractivity contribution in [2.45, 2.75) is 32.2 Å². The molecule has 1 nitrogen and oxygen atoms in total. The quantitative estimate of drug-likeness (QED) is 0.841. The van der Waals surface area contributed by atoms with Gasteiger partial charge in [-0.15, -0.1) is 0 Å². The Bertz CT molecular complexity index is 392. The molecule has 0 amide bonds. The Balaban J connectivity index is 2.25. The average molecular weight is 272 g/mol. The molecule has 1 aliphatic carbocycles. The van der Waals surface area contributed by atoms with Gasteiger partial charge in [0.15, 0.2) is 0 Å². The molecule has 0 aliphatic heterocycles. The molecule has 1 aliphatic rings. The van der Waals surface area contributed by atoms with Crippen molar-refractivity contribution < 1.29 is 0 Å². The third-order valence-electron chi connectivity index (χ3n) is 3.97. The lowest BCUT2D eigenvalue weighted by Crippen LogP contribution is -2.26. The average Bonchev–Trinajstić information content (AvgIpc) is 2.71. The summed E-state index contributed by atoms with van der Waals surface area (Å²) in [6, 6.07) is 6.36. The van der Waals surface area contributed by atoms with E-state index in [4.69, 9.17) is 23.2 Å². The standard InChI is InChI=1S/C14H19Cl2N/c1-9-4-3-5-11(9)14(17-2)10-6-7-12(15)13(16)8-10/h6-9,11,14,17H,3-5H2,1-2H3. The third kappa shape index (κ3) is 2.78. The van der Waals surface area contributed by atoms with Crippen LogP contribution >= 0.6 is 23.2 Å². The first-order chi connectivity index (χ1) is 8.13. The maximum absolute atomic E-state index is 6.10. The van der Waals surface area contributed by atoms with E-state index < -0.39 is 0 Å². The van der Waals surface area contributed by atoms with E-state index in [0.717, 1.165) is 5.92 Å². The SMILES string of the molecule is CNC(c1ccc(Cl)c(Cl)c1)C1CCCC1C. The van der Waals surface area contributed by atoms with Crippen LogP contribution in [0.4, 0.5) is 0 Å². The first-order valence-electron chi connectivity index (χ1n) is 6.25. The first-order valence-corrected chi connectivity index (χ1v) is 7.01. The molecule has 94 valence electrons. The summed E-state index contributed by atoms with van der Waals surface area (Å²) in [4.78, 5) is 0. The summed E-state index contributed by atoms with van der Waals surface area (Å²) in [5.41, 5.74) is 1.25. The van der Waals surface area contributed by atoms with E-state index in [2.05, 4.69) is 18.3 Å². The second kappa shape index (κ2) is 5.60. The molecular formula is C14H19Cl2N. The van der Waals surface area contributed by atoms with Crippen molar-refractivity contribution in [3.63, 3.8) is 0 Å². The number of rotatable bonds is 3. The third-order valence-corrected chi connectivity index (χ3v) is 4.71. The minimum atomic E-state index is 0.391. The second-order valence-electron chi connectivity index (χ2n) is 5.01. The molecular weight excluding hydrogens is 253 g/mol. The first kappa shape index (κ1) is 13.2. The smallest absolute Gasteiger partial charge is 0.0595 e. The van der Waals surface area contributed by atoms with Crippen molar-refractivity contribution in [3.8, 4) is 0 Å². The number of nitrogens with one attached hydrogen (secondary N) is 1. The number of benzene rings is 1. The zero-order valence-electron chi connectivity index (χ0n) is 10.3. The van der Waals surface area contributed by atoms with E-state index in [1.165, 1.54) is 24.8 Å². The summed E-state index contributed by atoms with van der Waals surface area (Å²) in [6.07, 6.45) is 3.97. The van der Waals surface area contributed by atoms with Gasteiger partial charge in [0.05, 0.1) is 10.0 Å². The van der Waals surface area contributed by atoms with Gasteiger partial charge in [-0.2, -0.15) is 0 Å². The lowest BCUT2D eigenvalue weighted by atomic mass is 9.86. The highest BCUT2D eigenvalue weighted by Crippen LogP contribution is 2.40. The maximum atomic E-state index is 6.10. The highest BCUT2D eigenvalue weighted by molar-refractivity contribution is 6.42. The van der Waals surface area contributed by atoms with Crippen LogP contribution in [0, 0.1) is 11.8 Å². The van der Waals surface area contributed by atoms with Gasteiger partial charge in [-0.25, -0.2) is 0 Å². The molecule has 3 atom stereocenters. The van der Waals surface area contributed by atoms with Gasteiger partial charge < -0.3 is 5.32 Å². The lowest BCUT2D eigenvalue weighted by molar-refractivity contribution is 0.315. The molecule has 0 radical (unpaired) electrons. The van der Waals surface area contributed by atoms with Gasteiger partial charge in [0.25, 0.3) is 0 Å². The van der Waals surface area contributed by atoms with Crippen LogP contribution in [0.2, 0.25) is 10.0 Å². The van der Waals surface area contributed by atoms with Crippen LogP contribution < -0.4 is 5.32 Å². The van der Waals surface area contributed by atoms with Crippen LogP contribution in [0.25, 0.3) is 0 Å². The molecule has 0 saturated heterocycles. The molecule has 1 aromatic carbocycles. The molecule has 1 N–H and O–H groups in total. The Morgan fingerprint density at radius 2 is 2.00 bits per heavy atom. The van der Waals surface area contributed by atoms with Gasteiger partial charge in [0.1, 0.15) is 0 Å². The molecule has 1 fully saturated rings. The van der Waals surface area contributed by atoms with Crippen molar-refractivity contribution >= 4 is 23.2 Å². The zero-order valence-corrected chi connectivity index (χ0v) is 11.9. The zero-order chi connectivity index (χ0) is 12.4. The normalized spacial score (nSPS) is 26.1. The lowest BCUT2D eigenvalue weighted by Gasteiger charge is -2.27. The largest absolute Gasteiger partial charge is 0.313 e. The van der Waals surface area contributed by atoms with Crippen LogP contribution in [0.15, 0.2) is 18.2 Å². The van der Waals surface area contributed by atoms with E-state index >= 15 is 0 Å². The molecule has 17 heavy (non-hydrogen) atoms. The van der Waals surface area contributed by atoms with Gasteiger partial charge >= 0.3 is 0 Å². The highest BCUT2D eigenvalue weighted by atomic mass is 35.5. The van der Waals surface area contributed by atoms with E-state index in [9.17, 15) is 0 Å². The minimum absolute atomic E-state index is 0.391. The fourth-order valence-electron chi connectivity index (χ4n) is 3.00. The fourth-order valence-corrected chi connectivity index (χ4v) is 3.31. The van der Waals surface area contributed by atoms with Gasteiger partial charge in [-0.3, -0.25) is 0 Å². The summed E-state index contributed by atoms with van der Waals surface area (Å²) < 4.78 is 0. The van der Waals surface area contributed by atoms with E-state index in [1.807, 2.05) is 19.2 Å². The maximum Gasteiger partial charge on any atom is 0.0595 e. The molecule has 3 unspecified atom stereocenters. The monoisotopic (exact) mass is 271 g/mol. The second-order valence-corrected chi connectivity index (χ2v) is 5.83. The van der Waals surface area contributed by atoms with E-state index in [-0.39, 0.29) is 0 Å². The highest BCUT2D eigenvalue weighted by Gasteiger charge is 2.31. The van der Waals surface area contributed by atoms with Gasteiger partial charge in [0, 0.05) is 6.04 Å². The van der Waals surface area contributed by atoms with Crippen molar-refractivity contribution in [1.82, 2.24) is 5.32 Å². The van der Waals surface area contributed by atoms with Crippen molar-refractivity contribution in [2.24, 2.45) is 11.8 Å². The molecule has 3 heteroatoms. The van der Waals surface area contributed by atoms with Crippen molar-refractivity contribution in [2.75, 3.05) is 7.05 Å². The number of halogens is 2. The topological polar surface area (TPSA) is 12.0 Å². The van der Waals surface area contributed by atoms with Gasteiger partial charge in [-0.1, -0.05) is 49.0 Å². The Labute approximate surface area is 114 Å². The van der Waals surface area contributed by atoms with Gasteiger partial charge in [0.2, 0.25) is 0 Å². The molecule has 0 aromatic heterocycles. The predicted molar refractivity (Wildman–Crippen MR) is 74.8 cm³/mol. The van der Waals surface area contributed by atoms with E-state index in [1.54, 1.807) is 0 Å². The van der Waals surface area contributed by atoms with Crippen LogP contribution in [0.5, 0.6) is 0 Å². The molecule has 2 rings (SSSR count). The predicted octanol–water partition coefficient (Wildman–Crippen LogP) is 4.69. The molecule has 1 saturated carbocycles. The summed E-state index contributed by atoms with van der Waals surface area (Å²) >= 11 is 12.1. The minimum Gasteiger partial charge on any atom is -0.313 e. The van der Waals surface area contributed by atoms with Crippen molar-refractivity contribution in [3.05, 3.63) is 33.8 Å². The Hall–Kier alpha value is -0.240.